The standard InChI is InChI=1S/C15H19ClN2O3.ClH/c16-12-1-2-14-9(4-12)3-10(8-21-14)15(20)18-6-11-5-17-7-13(11)19;/h1-2,4,10-11,13,17,19H,3,5-8H2,(H,18,20);1H. The molecular formula is C15H20Cl2N2O3. The molecule has 7 heteroatoms. The summed E-state index contributed by atoms with van der Waals surface area (Å²) in [6, 6.07) is 5.47. The number of carbonyl (C=O) groups is 1. The van der Waals surface area contributed by atoms with Gasteiger partial charge in [-0.3, -0.25) is 4.79 Å². The zero-order valence-electron chi connectivity index (χ0n) is 12.0. The lowest BCUT2D eigenvalue weighted by molar-refractivity contribution is -0.126. The fraction of sp³-hybridized carbons (Fsp3) is 0.533. The molecule has 0 spiro atoms. The second-order valence-corrected chi connectivity index (χ2v) is 6.13. The highest BCUT2D eigenvalue weighted by Crippen LogP contribution is 2.29. The number of amides is 1. The van der Waals surface area contributed by atoms with Gasteiger partial charge >= 0.3 is 0 Å². The van der Waals surface area contributed by atoms with Gasteiger partial charge in [0.2, 0.25) is 5.91 Å². The highest BCUT2D eigenvalue weighted by Gasteiger charge is 2.29. The highest BCUT2D eigenvalue weighted by molar-refractivity contribution is 6.30. The van der Waals surface area contributed by atoms with Crippen LogP contribution in [0.25, 0.3) is 0 Å². The van der Waals surface area contributed by atoms with Gasteiger partial charge in [-0.25, -0.2) is 0 Å². The number of halogens is 2. The smallest absolute Gasteiger partial charge is 0.226 e. The van der Waals surface area contributed by atoms with Crippen molar-refractivity contribution in [1.29, 1.82) is 0 Å². The number of carbonyl (C=O) groups excluding carboxylic acids is 1. The summed E-state index contributed by atoms with van der Waals surface area (Å²) in [6.07, 6.45) is 0.250. The van der Waals surface area contributed by atoms with Crippen molar-refractivity contribution in [2.24, 2.45) is 11.8 Å². The van der Waals surface area contributed by atoms with E-state index in [0.29, 0.717) is 31.1 Å². The van der Waals surface area contributed by atoms with E-state index < -0.39 is 0 Å². The van der Waals surface area contributed by atoms with Crippen LogP contribution in [0.3, 0.4) is 0 Å². The van der Waals surface area contributed by atoms with Crippen molar-refractivity contribution in [3.63, 3.8) is 0 Å². The van der Waals surface area contributed by atoms with Crippen molar-refractivity contribution in [3.05, 3.63) is 28.8 Å². The molecule has 122 valence electrons. The van der Waals surface area contributed by atoms with Crippen LogP contribution in [0.4, 0.5) is 0 Å². The summed E-state index contributed by atoms with van der Waals surface area (Å²) in [4.78, 5) is 12.2. The van der Waals surface area contributed by atoms with E-state index in [9.17, 15) is 9.90 Å². The van der Waals surface area contributed by atoms with Crippen molar-refractivity contribution in [2.75, 3.05) is 26.2 Å². The summed E-state index contributed by atoms with van der Waals surface area (Å²) in [5, 5.41) is 16.4. The summed E-state index contributed by atoms with van der Waals surface area (Å²) in [7, 11) is 0. The first-order valence-electron chi connectivity index (χ1n) is 7.21. The maximum Gasteiger partial charge on any atom is 0.226 e. The fourth-order valence-electron chi connectivity index (χ4n) is 2.84. The molecule has 3 atom stereocenters. The summed E-state index contributed by atoms with van der Waals surface area (Å²) < 4.78 is 5.62. The monoisotopic (exact) mass is 346 g/mol. The Labute approximate surface area is 140 Å². The summed E-state index contributed by atoms with van der Waals surface area (Å²) in [5.74, 6) is 0.654. The summed E-state index contributed by atoms with van der Waals surface area (Å²) in [5.41, 5.74) is 0.969. The van der Waals surface area contributed by atoms with Crippen molar-refractivity contribution < 1.29 is 14.6 Å². The molecule has 0 bridgehead atoms. The third-order valence-corrected chi connectivity index (χ3v) is 4.38. The van der Waals surface area contributed by atoms with E-state index in [1.807, 2.05) is 12.1 Å². The molecule has 2 heterocycles. The molecule has 3 N–H and O–H groups in total. The Morgan fingerprint density at radius 1 is 1.45 bits per heavy atom. The van der Waals surface area contributed by atoms with Crippen LogP contribution in [0.1, 0.15) is 5.56 Å². The van der Waals surface area contributed by atoms with Crippen LogP contribution in [0.15, 0.2) is 18.2 Å². The molecule has 3 unspecified atom stereocenters. The molecule has 1 amide bonds. The molecule has 2 aliphatic rings. The molecule has 0 aliphatic carbocycles. The van der Waals surface area contributed by atoms with Gasteiger partial charge in [0.1, 0.15) is 12.4 Å². The number of hydrogen-bond acceptors (Lipinski definition) is 4. The number of aliphatic hydroxyl groups is 1. The normalized spacial score (nSPS) is 26.5. The molecule has 2 aliphatic heterocycles. The largest absolute Gasteiger partial charge is 0.492 e. The van der Waals surface area contributed by atoms with Crippen LogP contribution in [0, 0.1) is 11.8 Å². The van der Waals surface area contributed by atoms with Gasteiger partial charge in [0, 0.05) is 30.6 Å². The van der Waals surface area contributed by atoms with E-state index in [1.54, 1.807) is 6.07 Å². The first-order chi connectivity index (χ1) is 10.1. The number of fused-ring (bicyclic) bond motifs is 1. The number of nitrogens with one attached hydrogen (secondary N) is 2. The van der Waals surface area contributed by atoms with Crippen LogP contribution < -0.4 is 15.4 Å². The quantitative estimate of drug-likeness (QED) is 0.763. The van der Waals surface area contributed by atoms with E-state index in [1.165, 1.54) is 0 Å². The number of β-amino-alcohol motifs (C(OH)–C–C–N with tert-alkyl or cyclic N) is 1. The first-order valence-corrected chi connectivity index (χ1v) is 7.59. The first kappa shape index (κ1) is 17.3. The van der Waals surface area contributed by atoms with Gasteiger partial charge in [-0.2, -0.15) is 0 Å². The number of rotatable bonds is 3. The molecule has 0 saturated carbocycles. The molecule has 1 aromatic carbocycles. The second-order valence-electron chi connectivity index (χ2n) is 5.69. The minimum Gasteiger partial charge on any atom is -0.492 e. The predicted octanol–water partition coefficient (Wildman–Crippen LogP) is 1.01. The number of aliphatic hydroxyl groups excluding tert-OH is 1. The summed E-state index contributed by atoms with van der Waals surface area (Å²) >= 11 is 5.98. The molecular weight excluding hydrogens is 327 g/mol. The van der Waals surface area contributed by atoms with Crippen molar-refractivity contribution >= 4 is 29.9 Å². The Balaban J connectivity index is 0.00000176. The van der Waals surface area contributed by atoms with Gasteiger partial charge in [-0.1, -0.05) is 11.6 Å². The lowest BCUT2D eigenvalue weighted by atomic mass is 9.95. The lowest BCUT2D eigenvalue weighted by Gasteiger charge is -2.25. The minimum atomic E-state index is -0.382. The Bertz CT molecular complexity index is 542. The molecule has 0 radical (unpaired) electrons. The Kier molecular flexibility index (Phi) is 5.92. The Morgan fingerprint density at radius 2 is 2.27 bits per heavy atom. The molecule has 1 aromatic rings. The van der Waals surface area contributed by atoms with Gasteiger partial charge in [-0.15, -0.1) is 12.4 Å². The number of ether oxygens (including phenoxy) is 1. The third kappa shape index (κ3) is 3.84. The minimum absolute atomic E-state index is 0. The maximum absolute atomic E-state index is 12.2. The van der Waals surface area contributed by atoms with Gasteiger partial charge in [0.05, 0.1) is 12.0 Å². The van der Waals surface area contributed by atoms with Crippen molar-refractivity contribution in [1.82, 2.24) is 10.6 Å². The van der Waals surface area contributed by atoms with E-state index in [4.69, 9.17) is 16.3 Å². The van der Waals surface area contributed by atoms with E-state index in [2.05, 4.69) is 10.6 Å². The van der Waals surface area contributed by atoms with E-state index >= 15 is 0 Å². The molecule has 22 heavy (non-hydrogen) atoms. The molecule has 3 rings (SSSR count). The zero-order chi connectivity index (χ0) is 14.8. The molecule has 1 fully saturated rings. The second kappa shape index (κ2) is 7.51. The molecule has 5 nitrogen and oxygen atoms in total. The van der Waals surface area contributed by atoms with Crippen LogP contribution in [0.2, 0.25) is 5.02 Å². The van der Waals surface area contributed by atoms with Gasteiger partial charge < -0.3 is 20.5 Å². The summed E-state index contributed by atoms with van der Waals surface area (Å²) in [6.45, 7) is 2.21. The van der Waals surface area contributed by atoms with Gasteiger partial charge in [0.25, 0.3) is 0 Å². The van der Waals surface area contributed by atoms with Crippen molar-refractivity contribution in [3.8, 4) is 5.75 Å². The molecule has 1 saturated heterocycles. The average Bonchev–Trinajstić information content (AvgIpc) is 2.89. The van der Waals surface area contributed by atoms with Crippen LogP contribution in [-0.4, -0.2) is 43.4 Å². The van der Waals surface area contributed by atoms with Crippen LogP contribution in [0.5, 0.6) is 5.75 Å². The van der Waals surface area contributed by atoms with Crippen LogP contribution in [-0.2, 0) is 11.2 Å². The van der Waals surface area contributed by atoms with Gasteiger partial charge in [0.15, 0.2) is 0 Å². The fourth-order valence-corrected chi connectivity index (χ4v) is 3.03. The third-order valence-electron chi connectivity index (χ3n) is 4.14. The average molecular weight is 347 g/mol. The number of hydrogen-bond donors (Lipinski definition) is 3. The van der Waals surface area contributed by atoms with E-state index in [-0.39, 0.29) is 36.3 Å². The molecule has 0 aromatic heterocycles. The zero-order valence-corrected chi connectivity index (χ0v) is 13.6. The highest BCUT2D eigenvalue weighted by atomic mass is 35.5. The maximum atomic E-state index is 12.2. The Hall–Kier alpha value is -1.01. The van der Waals surface area contributed by atoms with Crippen LogP contribution >= 0.6 is 24.0 Å². The van der Waals surface area contributed by atoms with E-state index in [0.717, 1.165) is 17.9 Å². The topological polar surface area (TPSA) is 70.6 Å². The van der Waals surface area contributed by atoms with Crippen molar-refractivity contribution in [2.45, 2.75) is 12.5 Å². The predicted molar refractivity (Wildman–Crippen MR) is 86.8 cm³/mol. The lowest BCUT2D eigenvalue weighted by Crippen LogP contribution is -2.41. The van der Waals surface area contributed by atoms with Gasteiger partial charge in [-0.05, 0) is 30.2 Å². The number of benzene rings is 1. The SMILES string of the molecule is Cl.O=C(NCC1CNCC1O)C1COc2ccc(Cl)cc2C1. The Morgan fingerprint density at radius 3 is 3.00 bits per heavy atom.